The molecule has 0 saturated carbocycles. The van der Waals surface area contributed by atoms with E-state index in [4.69, 9.17) is 9.47 Å². The zero-order chi connectivity index (χ0) is 23.9. The van der Waals surface area contributed by atoms with E-state index in [0.29, 0.717) is 17.0 Å². The van der Waals surface area contributed by atoms with Crippen molar-refractivity contribution in [3.05, 3.63) is 96.1 Å². The smallest absolute Gasteiger partial charge is 0.331 e. The molecule has 5 rings (SSSR count). The second-order valence-corrected chi connectivity index (χ2v) is 8.41. The van der Waals surface area contributed by atoms with E-state index >= 15 is 0 Å². The molecule has 0 aliphatic carbocycles. The quantitative estimate of drug-likeness (QED) is 0.469. The molecule has 7 heteroatoms. The van der Waals surface area contributed by atoms with Crippen molar-refractivity contribution in [2.24, 2.45) is 11.8 Å². The summed E-state index contributed by atoms with van der Waals surface area (Å²) in [6, 6.07) is 24.5. The molecule has 3 aromatic carbocycles. The molecule has 2 aliphatic heterocycles. The number of imide groups is 1. The van der Waals surface area contributed by atoms with E-state index < -0.39 is 35.3 Å². The van der Waals surface area contributed by atoms with E-state index in [1.165, 1.54) is 12.0 Å². The third-order valence-corrected chi connectivity index (χ3v) is 6.79. The van der Waals surface area contributed by atoms with Crippen LogP contribution in [-0.4, -0.2) is 32.0 Å². The third-order valence-electron chi connectivity index (χ3n) is 6.79. The number of ether oxygens (including phenoxy) is 2. The van der Waals surface area contributed by atoms with Crippen LogP contribution in [-0.2, 0) is 24.7 Å². The van der Waals surface area contributed by atoms with Crippen molar-refractivity contribution in [1.82, 2.24) is 5.32 Å². The van der Waals surface area contributed by atoms with Crippen LogP contribution in [0.25, 0.3) is 0 Å². The van der Waals surface area contributed by atoms with Gasteiger partial charge in [-0.25, -0.2) is 9.69 Å². The summed E-state index contributed by atoms with van der Waals surface area (Å²) in [6.07, 6.45) is 0. The van der Waals surface area contributed by atoms with Crippen LogP contribution in [0.5, 0.6) is 5.75 Å². The molecule has 1 N–H and O–H groups in total. The first-order chi connectivity index (χ1) is 16.5. The summed E-state index contributed by atoms with van der Waals surface area (Å²) in [4.78, 5) is 42.4. The molecule has 2 saturated heterocycles. The van der Waals surface area contributed by atoms with Crippen LogP contribution in [0.2, 0.25) is 0 Å². The lowest BCUT2D eigenvalue weighted by atomic mass is 9.75. The van der Waals surface area contributed by atoms with E-state index in [2.05, 4.69) is 5.32 Å². The second-order valence-electron chi connectivity index (χ2n) is 8.41. The van der Waals surface area contributed by atoms with Crippen LogP contribution < -0.4 is 15.0 Å². The molecule has 2 aliphatic rings. The Balaban J connectivity index is 1.71. The lowest BCUT2D eigenvalue weighted by molar-refractivity contribution is -0.152. The number of hydrogen-bond acceptors (Lipinski definition) is 6. The molecule has 0 spiro atoms. The summed E-state index contributed by atoms with van der Waals surface area (Å²) in [5, 5.41) is 3.38. The van der Waals surface area contributed by atoms with Crippen molar-refractivity contribution in [1.29, 1.82) is 0 Å². The number of esters is 1. The van der Waals surface area contributed by atoms with Crippen LogP contribution in [0, 0.1) is 11.8 Å². The van der Waals surface area contributed by atoms with Crippen molar-refractivity contribution >= 4 is 23.5 Å². The van der Waals surface area contributed by atoms with Gasteiger partial charge >= 0.3 is 5.97 Å². The van der Waals surface area contributed by atoms with Gasteiger partial charge in [-0.3, -0.25) is 14.9 Å². The molecule has 34 heavy (non-hydrogen) atoms. The normalized spacial score (nSPS) is 25.8. The topological polar surface area (TPSA) is 84.9 Å². The van der Waals surface area contributed by atoms with Gasteiger partial charge in [-0.2, -0.15) is 0 Å². The maximum atomic E-state index is 13.9. The number of benzene rings is 3. The van der Waals surface area contributed by atoms with Crippen LogP contribution in [0.15, 0.2) is 84.9 Å². The molecule has 7 nitrogen and oxygen atoms in total. The van der Waals surface area contributed by atoms with E-state index in [1.54, 1.807) is 67.8 Å². The maximum absolute atomic E-state index is 13.9. The van der Waals surface area contributed by atoms with Gasteiger partial charge in [-0.05, 0) is 35.4 Å². The molecule has 3 aromatic rings. The Hall–Kier alpha value is -3.97. The fraction of sp³-hybridized carbons (Fsp3) is 0.222. The highest BCUT2D eigenvalue weighted by atomic mass is 16.5. The number of carbonyl (C=O) groups is 3. The van der Waals surface area contributed by atoms with Crippen molar-refractivity contribution in [3.63, 3.8) is 0 Å². The summed E-state index contributed by atoms with van der Waals surface area (Å²) in [5.74, 6) is -2.51. The minimum atomic E-state index is -1.53. The van der Waals surface area contributed by atoms with Gasteiger partial charge in [-0.1, -0.05) is 60.7 Å². The van der Waals surface area contributed by atoms with E-state index in [-0.39, 0.29) is 5.91 Å². The molecule has 0 aromatic heterocycles. The first kappa shape index (κ1) is 21.9. The Bertz CT molecular complexity index is 1230. The SMILES string of the molecule is COC(=O)[C@]1(c2ccccc2)N[C@H](c2ccc(OC)cc2)[C@@H]2C(=O)N(c3ccccc3)C(=O)[C@@H]21. The van der Waals surface area contributed by atoms with Gasteiger partial charge in [0.1, 0.15) is 5.75 Å². The fourth-order valence-electron chi connectivity index (χ4n) is 5.27. The fourth-order valence-corrected chi connectivity index (χ4v) is 5.27. The number of nitrogens with one attached hydrogen (secondary N) is 1. The number of fused-ring (bicyclic) bond motifs is 1. The number of rotatable bonds is 5. The number of nitrogens with zero attached hydrogens (tertiary/aromatic N) is 1. The minimum absolute atomic E-state index is 0.351. The van der Waals surface area contributed by atoms with Gasteiger partial charge < -0.3 is 9.47 Å². The average molecular weight is 456 g/mol. The molecule has 0 bridgehead atoms. The Morgan fingerprint density at radius 1 is 0.853 bits per heavy atom. The number of amides is 2. The zero-order valence-corrected chi connectivity index (χ0v) is 18.8. The van der Waals surface area contributed by atoms with Gasteiger partial charge in [0, 0.05) is 6.04 Å². The number of methoxy groups -OCH3 is 2. The highest BCUT2D eigenvalue weighted by Crippen LogP contribution is 2.54. The number of para-hydroxylation sites is 1. The van der Waals surface area contributed by atoms with Gasteiger partial charge in [0.05, 0.1) is 31.7 Å². The summed E-state index contributed by atoms with van der Waals surface area (Å²) in [7, 11) is 2.87. The molecule has 2 amide bonds. The minimum Gasteiger partial charge on any atom is -0.497 e. The molecule has 0 unspecified atom stereocenters. The monoisotopic (exact) mass is 456 g/mol. The summed E-state index contributed by atoms with van der Waals surface area (Å²) < 4.78 is 10.5. The molecule has 2 heterocycles. The molecule has 0 radical (unpaired) electrons. The summed E-state index contributed by atoms with van der Waals surface area (Å²) in [6.45, 7) is 0. The van der Waals surface area contributed by atoms with E-state index in [9.17, 15) is 14.4 Å². The molecule has 172 valence electrons. The van der Waals surface area contributed by atoms with Gasteiger partial charge in [0.15, 0.2) is 5.54 Å². The lowest BCUT2D eigenvalue weighted by Crippen LogP contribution is -2.53. The van der Waals surface area contributed by atoms with Crippen molar-refractivity contribution in [3.8, 4) is 5.75 Å². The molecular formula is C27H24N2O5. The number of carbonyl (C=O) groups excluding carboxylic acids is 3. The van der Waals surface area contributed by atoms with Crippen molar-refractivity contribution < 1.29 is 23.9 Å². The second kappa shape index (κ2) is 8.43. The Morgan fingerprint density at radius 2 is 1.47 bits per heavy atom. The van der Waals surface area contributed by atoms with Gasteiger partial charge in [0.2, 0.25) is 11.8 Å². The van der Waals surface area contributed by atoms with Crippen LogP contribution in [0.3, 0.4) is 0 Å². The van der Waals surface area contributed by atoms with Gasteiger partial charge in [0.25, 0.3) is 0 Å². The highest BCUT2D eigenvalue weighted by molar-refractivity contribution is 6.24. The van der Waals surface area contributed by atoms with Crippen LogP contribution in [0.1, 0.15) is 17.2 Å². The Kier molecular flexibility index (Phi) is 5.42. The van der Waals surface area contributed by atoms with Crippen molar-refractivity contribution in [2.45, 2.75) is 11.6 Å². The van der Waals surface area contributed by atoms with E-state index in [1.807, 2.05) is 24.3 Å². The predicted molar refractivity (Wildman–Crippen MR) is 125 cm³/mol. The summed E-state index contributed by atoms with van der Waals surface area (Å²) >= 11 is 0. The Morgan fingerprint density at radius 3 is 2.06 bits per heavy atom. The van der Waals surface area contributed by atoms with Crippen molar-refractivity contribution in [2.75, 3.05) is 19.1 Å². The lowest BCUT2D eigenvalue weighted by Gasteiger charge is -2.33. The third kappa shape index (κ3) is 3.12. The molecule has 4 atom stereocenters. The van der Waals surface area contributed by atoms with Gasteiger partial charge in [-0.15, -0.1) is 0 Å². The molecule has 2 fully saturated rings. The largest absolute Gasteiger partial charge is 0.497 e. The average Bonchev–Trinajstić information content (AvgIpc) is 3.39. The maximum Gasteiger partial charge on any atom is 0.331 e. The summed E-state index contributed by atoms with van der Waals surface area (Å²) in [5.41, 5.74) is 0.298. The Labute approximate surface area is 197 Å². The highest BCUT2D eigenvalue weighted by Gasteiger charge is 2.69. The number of hydrogen-bond donors (Lipinski definition) is 1. The van der Waals surface area contributed by atoms with Crippen LogP contribution >= 0.6 is 0 Å². The predicted octanol–water partition coefficient (Wildman–Crippen LogP) is 3.21. The molecular weight excluding hydrogens is 432 g/mol. The standard InChI is InChI=1S/C27H24N2O5/c1-33-20-15-13-17(14-16-20)23-21-22(25(31)29(24(21)30)19-11-7-4-8-12-19)27(28-23,26(32)34-2)18-9-5-3-6-10-18/h3-16,21-23,28H,1-2H3/t21-,22-,23-,27-/m1/s1. The first-order valence-corrected chi connectivity index (χ1v) is 11.0. The van der Waals surface area contributed by atoms with Crippen LogP contribution in [0.4, 0.5) is 5.69 Å². The van der Waals surface area contributed by atoms with E-state index in [0.717, 1.165) is 5.56 Å². The number of anilines is 1. The first-order valence-electron chi connectivity index (χ1n) is 11.0. The zero-order valence-electron chi connectivity index (χ0n) is 18.8.